The smallest absolute Gasteiger partial charge is 0.310 e. The zero-order valence-corrected chi connectivity index (χ0v) is 11.5. The molecule has 0 aromatic rings. The predicted molar refractivity (Wildman–Crippen MR) is 71.8 cm³/mol. The number of carbonyl (C=O) groups is 3. The Bertz CT molecular complexity index is 446. The maximum absolute atomic E-state index is 12.2. The molecule has 2 amide bonds. The van der Waals surface area contributed by atoms with Crippen LogP contribution in [0.2, 0.25) is 0 Å². The molecule has 0 aromatic carbocycles. The third-order valence-electron chi connectivity index (χ3n) is 3.97. The Labute approximate surface area is 117 Å². The van der Waals surface area contributed by atoms with Crippen LogP contribution in [0.15, 0.2) is 12.2 Å². The van der Waals surface area contributed by atoms with E-state index in [0.717, 1.165) is 12.8 Å². The highest BCUT2D eigenvalue weighted by atomic mass is 16.4. The Morgan fingerprint density at radius 3 is 2.65 bits per heavy atom. The highest BCUT2D eigenvalue weighted by molar-refractivity contribution is 5.81. The number of carboxylic acids is 1. The number of carboxylic acid groups (broad SMARTS) is 1. The van der Waals surface area contributed by atoms with Gasteiger partial charge in [-0.1, -0.05) is 12.2 Å². The van der Waals surface area contributed by atoms with Crippen LogP contribution in [0.1, 0.15) is 26.2 Å². The molecule has 0 bridgehead atoms. The fourth-order valence-corrected chi connectivity index (χ4v) is 2.77. The van der Waals surface area contributed by atoms with Crippen LogP contribution in [0, 0.1) is 11.8 Å². The molecule has 2 rings (SSSR count). The molecule has 0 aromatic heterocycles. The van der Waals surface area contributed by atoms with Crippen LogP contribution >= 0.6 is 0 Å². The molecule has 6 nitrogen and oxygen atoms in total. The number of nitrogens with one attached hydrogen (secondary N) is 1. The lowest BCUT2D eigenvalue weighted by molar-refractivity contribution is -0.140. The average Bonchev–Trinajstić information content (AvgIpc) is 2.87. The fraction of sp³-hybridized carbons (Fsp3) is 0.643. The van der Waals surface area contributed by atoms with Gasteiger partial charge < -0.3 is 15.3 Å². The molecular weight excluding hydrogens is 260 g/mol. The third-order valence-corrected chi connectivity index (χ3v) is 3.97. The van der Waals surface area contributed by atoms with Crippen molar-refractivity contribution in [3.05, 3.63) is 12.2 Å². The molecule has 3 atom stereocenters. The van der Waals surface area contributed by atoms with Gasteiger partial charge in [-0.3, -0.25) is 14.4 Å². The van der Waals surface area contributed by atoms with Crippen LogP contribution in [0.3, 0.4) is 0 Å². The lowest BCUT2D eigenvalue weighted by Crippen LogP contribution is -2.46. The van der Waals surface area contributed by atoms with E-state index in [9.17, 15) is 14.4 Å². The first kappa shape index (κ1) is 14.6. The van der Waals surface area contributed by atoms with Gasteiger partial charge in [-0.2, -0.15) is 0 Å². The van der Waals surface area contributed by atoms with Crippen LogP contribution in [0.4, 0.5) is 0 Å². The molecule has 0 saturated carbocycles. The quantitative estimate of drug-likeness (QED) is 0.732. The Morgan fingerprint density at radius 1 is 1.30 bits per heavy atom. The first-order valence-electron chi connectivity index (χ1n) is 6.94. The number of rotatable bonds is 3. The van der Waals surface area contributed by atoms with E-state index in [1.165, 1.54) is 6.92 Å². The summed E-state index contributed by atoms with van der Waals surface area (Å²) in [5, 5.41) is 11.8. The third kappa shape index (κ3) is 3.37. The monoisotopic (exact) mass is 280 g/mol. The van der Waals surface area contributed by atoms with Crippen molar-refractivity contribution in [3.8, 4) is 0 Å². The standard InChI is InChI=1S/C14H20N2O4/c1-9(17)16-6-2-3-11(8-16)13(18)15-12-5-4-10(7-12)14(19)20/h4-5,10-12H,2-3,6-8H2,1H3,(H,15,18)(H,19,20). The number of amides is 2. The molecule has 3 unspecified atom stereocenters. The van der Waals surface area contributed by atoms with Crippen LogP contribution in [0.25, 0.3) is 0 Å². The van der Waals surface area contributed by atoms with Gasteiger partial charge in [0.25, 0.3) is 0 Å². The minimum atomic E-state index is -0.863. The van der Waals surface area contributed by atoms with Crippen LogP contribution in [-0.2, 0) is 14.4 Å². The van der Waals surface area contributed by atoms with Gasteiger partial charge in [0.2, 0.25) is 11.8 Å². The summed E-state index contributed by atoms with van der Waals surface area (Å²) in [6, 6.07) is -0.212. The Balaban J connectivity index is 1.85. The van der Waals surface area contributed by atoms with E-state index in [-0.39, 0.29) is 23.8 Å². The summed E-state index contributed by atoms with van der Waals surface area (Å²) in [5.41, 5.74) is 0. The Morgan fingerprint density at radius 2 is 2.05 bits per heavy atom. The van der Waals surface area contributed by atoms with Crippen LogP contribution < -0.4 is 5.32 Å². The van der Waals surface area contributed by atoms with Gasteiger partial charge >= 0.3 is 5.97 Å². The van der Waals surface area contributed by atoms with Gasteiger partial charge in [0.05, 0.1) is 11.8 Å². The largest absolute Gasteiger partial charge is 0.481 e. The summed E-state index contributed by atoms with van der Waals surface area (Å²) in [6.45, 7) is 2.68. The Kier molecular flexibility index (Phi) is 4.42. The normalized spacial score (nSPS) is 29.2. The van der Waals surface area contributed by atoms with E-state index in [4.69, 9.17) is 5.11 Å². The first-order valence-corrected chi connectivity index (χ1v) is 6.94. The summed E-state index contributed by atoms with van der Waals surface area (Å²) in [4.78, 5) is 36.1. The number of likely N-dealkylation sites (tertiary alicyclic amines) is 1. The molecule has 6 heteroatoms. The highest BCUT2D eigenvalue weighted by Gasteiger charge is 2.30. The lowest BCUT2D eigenvalue weighted by Gasteiger charge is -2.31. The zero-order valence-electron chi connectivity index (χ0n) is 11.5. The maximum Gasteiger partial charge on any atom is 0.310 e. The summed E-state index contributed by atoms with van der Waals surface area (Å²) >= 11 is 0. The summed E-state index contributed by atoms with van der Waals surface area (Å²) < 4.78 is 0. The molecule has 1 aliphatic carbocycles. The molecule has 1 heterocycles. The number of carbonyl (C=O) groups excluding carboxylic acids is 2. The van der Waals surface area contributed by atoms with Gasteiger partial charge in [0.15, 0.2) is 0 Å². The second-order valence-corrected chi connectivity index (χ2v) is 5.48. The Hall–Kier alpha value is -1.85. The minimum Gasteiger partial charge on any atom is -0.481 e. The summed E-state index contributed by atoms with van der Waals surface area (Å²) in [7, 11) is 0. The van der Waals surface area contributed by atoms with E-state index in [0.29, 0.717) is 19.5 Å². The van der Waals surface area contributed by atoms with E-state index in [2.05, 4.69) is 5.32 Å². The second-order valence-electron chi connectivity index (χ2n) is 5.48. The van der Waals surface area contributed by atoms with Crippen LogP contribution in [-0.4, -0.2) is 46.9 Å². The van der Waals surface area contributed by atoms with E-state index in [1.807, 2.05) is 0 Å². The van der Waals surface area contributed by atoms with Crippen molar-refractivity contribution in [2.24, 2.45) is 11.8 Å². The van der Waals surface area contributed by atoms with Gasteiger partial charge in [0, 0.05) is 26.1 Å². The molecule has 2 aliphatic rings. The predicted octanol–water partition coefficient (Wildman–Crippen LogP) is 0.390. The van der Waals surface area contributed by atoms with Gasteiger partial charge in [0.1, 0.15) is 0 Å². The second kappa shape index (κ2) is 6.07. The number of hydrogen-bond acceptors (Lipinski definition) is 3. The number of nitrogens with zero attached hydrogens (tertiary/aromatic N) is 1. The molecular formula is C14H20N2O4. The number of aliphatic carboxylic acids is 1. The van der Waals surface area contributed by atoms with Gasteiger partial charge in [-0.05, 0) is 19.3 Å². The van der Waals surface area contributed by atoms with E-state index < -0.39 is 11.9 Å². The molecule has 2 N–H and O–H groups in total. The fourth-order valence-electron chi connectivity index (χ4n) is 2.77. The maximum atomic E-state index is 12.2. The minimum absolute atomic E-state index is 0.00537. The van der Waals surface area contributed by atoms with Crippen molar-refractivity contribution in [2.75, 3.05) is 13.1 Å². The van der Waals surface area contributed by atoms with Crippen molar-refractivity contribution in [1.29, 1.82) is 0 Å². The van der Waals surface area contributed by atoms with E-state index in [1.54, 1.807) is 17.1 Å². The van der Waals surface area contributed by atoms with Crippen LogP contribution in [0.5, 0.6) is 0 Å². The van der Waals surface area contributed by atoms with Crippen molar-refractivity contribution in [1.82, 2.24) is 10.2 Å². The van der Waals surface area contributed by atoms with Gasteiger partial charge in [-0.25, -0.2) is 0 Å². The molecule has 20 heavy (non-hydrogen) atoms. The molecule has 1 aliphatic heterocycles. The van der Waals surface area contributed by atoms with Crippen molar-refractivity contribution in [3.63, 3.8) is 0 Å². The first-order chi connectivity index (χ1) is 9.47. The zero-order chi connectivity index (χ0) is 14.7. The molecule has 0 spiro atoms. The number of piperidine rings is 1. The van der Waals surface area contributed by atoms with Crippen molar-refractivity contribution >= 4 is 17.8 Å². The topological polar surface area (TPSA) is 86.7 Å². The SMILES string of the molecule is CC(=O)N1CCCC(C(=O)NC2C=CC(C(=O)O)C2)C1. The molecule has 1 fully saturated rings. The number of hydrogen-bond donors (Lipinski definition) is 2. The summed E-state index contributed by atoms with van der Waals surface area (Å²) in [5.74, 6) is -1.66. The molecule has 110 valence electrons. The van der Waals surface area contributed by atoms with Crippen molar-refractivity contribution in [2.45, 2.75) is 32.2 Å². The van der Waals surface area contributed by atoms with Gasteiger partial charge in [-0.15, -0.1) is 0 Å². The summed E-state index contributed by atoms with van der Waals surface area (Å²) in [6.07, 6.45) is 5.37. The van der Waals surface area contributed by atoms with Crippen molar-refractivity contribution < 1.29 is 19.5 Å². The molecule has 0 radical (unpaired) electrons. The lowest BCUT2D eigenvalue weighted by atomic mass is 9.96. The average molecular weight is 280 g/mol. The highest BCUT2D eigenvalue weighted by Crippen LogP contribution is 2.20. The van der Waals surface area contributed by atoms with E-state index >= 15 is 0 Å². The molecule has 1 saturated heterocycles.